The first-order valence-corrected chi connectivity index (χ1v) is 7.17. The van der Waals surface area contributed by atoms with E-state index in [1.165, 1.54) is 17.6 Å². The number of carbonyl (C=O) groups is 2. The molecule has 2 heterocycles. The SMILES string of the molecule is CC(=O)Cc1ccc2nc(NC(=O)c3ccco3)sc2c1. The normalized spacial score (nSPS) is 10.7. The Kier molecular flexibility index (Phi) is 3.53. The van der Waals surface area contributed by atoms with Crippen molar-refractivity contribution in [2.75, 3.05) is 5.32 Å². The molecule has 0 aliphatic carbocycles. The summed E-state index contributed by atoms with van der Waals surface area (Å²) < 4.78 is 5.97. The van der Waals surface area contributed by atoms with E-state index in [9.17, 15) is 9.59 Å². The number of carbonyl (C=O) groups excluding carboxylic acids is 2. The second kappa shape index (κ2) is 5.49. The molecule has 0 unspecified atom stereocenters. The van der Waals surface area contributed by atoms with Crippen molar-refractivity contribution in [1.29, 1.82) is 0 Å². The van der Waals surface area contributed by atoms with Crippen LogP contribution in [0.4, 0.5) is 5.13 Å². The Morgan fingerprint density at radius 1 is 1.33 bits per heavy atom. The van der Waals surface area contributed by atoms with Crippen LogP contribution in [-0.2, 0) is 11.2 Å². The van der Waals surface area contributed by atoms with E-state index < -0.39 is 0 Å². The van der Waals surface area contributed by atoms with Gasteiger partial charge in [0.15, 0.2) is 10.9 Å². The minimum absolute atomic E-state index is 0.116. The molecule has 3 aromatic rings. The van der Waals surface area contributed by atoms with Gasteiger partial charge < -0.3 is 4.42 Å². The molecular weight excluding hydrogens is 288 g/mol. The number of anilines is 1. The number of nitrogens with zero attached hydrogens (tertiary/aromatic N) is 1. The first kappa shape index (κ1) is 13.5. The zero-order valence-electron chi connectivity index (χ0n) is 11.3. The molecule has 0 fully saturated rings. The van der Waals surface area contributed by atoms with Crippen molar-refractivity contribution >= 4 is 38.4 Å². The summed E-state index contributed by atoms with van der Waals surface area (Å²) in [6.45, 7) is 1.56. The highest BCUT2D eigenvalue weighted by Gasteiger charge is 2.12. The summed E-state index contributed by atoms with van der Waals surface area (Å²) in [5.41, 5.74) is 1.74. The second-order valence-electron chi connectivity index (χ2n) is 4.63. The molecule has 0 atom stereocenters. The molecule has 3 rings (SSSR count). The monoisotopic (exact) mass is 300 g/mol. The van der Waals surface area contributed by atoms with Crippen molar-refractivity contribution < 1.29 is 14.0 Å². The van der Waals surface area contributed by atoms with Gasteiger partial charge in [0.05, 0.1) is 16.5 Å². The Morgan fingerprint density at radius 2 is 2.19 bits per heavy atom. The zero-order chi connectivity index (χ0) is 14.8. The Balaban J connectivity index is 1.84. The number of Topliss-reactive ketones (excluding diaryl/α,β-unsaturated/α-hetero) is 1. The number of furan rings is 1. The summed E-state index contributed by atoms with van der Waals surface area (Å²) in [5.74, 6) is 0.0275. The lowest BCUT2D eigenvalue weighted by molar-refractivity contribution is -0.116. The number of aromatic nitrogens is 1. The van der Waals surface area contributed by atoms with Crippen LogP contribution in [0.5, 0.6) is 0 Å². The minimum atomic E-state index is -0.331. The molecule has 0 saturated carbocycles. The van der Waals surface area contributed by atoms with Crippen molar-refractivity contribution in [3.8, 4) is 0 Å². The molecule has 0 aliphatic rings. The van der Waals surface area contributed by atoms with Gasteiger partial charge in [-0.05, 0) is 36.8 Å². The van der Waals surface area contributed by atoms with Crippen LogP contribution in [0, 0.1) is 0 Å². The summed E-state index contributed by atoms with van der Waals surface area (Å²) in [7, 11) is 0. The molecule has 0 aliphatic heterocycles. The predicted octanol–water partition coefficient (Wildman–Crippen LogP) is 3.27. The van der Waals surface area contributed by atoms with E-state index in [0.717, 1.165) is 15.8 Å². The van der Waals surface area contributed by atoms with Crippen LogP contribution in [-0.4, -0.2) is 16.7 Å². The Bertz CT molecular complexity index is 806. The fraction of sp³-hybridized carbons (Fsp3) is 0.133. The second-order valence-corrected chi connectivity index (χ2v) is 5.66. The fourth-order valence-electron chi connectivity index (χ4n) is 1.99. The van der Waals surface area contributed by atoms with Gasteiger partial charge in [-0.3, -0.25) is 14.9 Å². The number of fused-ring (bicyclic) bond motifs is 1. The lowest BCUT2D eigenvalue weighted by Gasteiger charge is -1.96. The van der Waals surface area contributed by atoms with E-state index in [4.69, 9.17) is 4.42 Å². The maximum absolute atomic E-state index is 11.9. The van der Waals surface area contributed by atoms with Crippen LogP contribution in [0.3, 0.4) is 0 Å². The summed E-state index contributed by atoms with van der Waals surface area (Å²) in [5, 5.41) is 3.21. The van der Waals surface area contributed by atoms with Gasteiger partial charge in [0.1, 0.15) is 5.78 Å². The molecule has 0 radical (unpaired) electrons. The number of ketones is 1. The number of nitrogens with one attached hydrogen (secondary N) is 1. The number of hydrogen-bond donors (Lipinski definition) is 1. The van der Waals surface area contributed by atoms with Crippen molar-refractivity contribution in [3.05, 3.63) is 47.9 Å². The van der Waals surface area contributed by atoms with E-state index in [1.54, 1.807) is 19.1 Å². The third-order valence-electron chi connectivity index (χ3n) is 2.87. The van der Waals surface area contributed by atoms with Gasteiger partial charge in [-0.15, -0.1) is 0 Å². The average molecular weight is 300 g/mol. The third kappa shape index (κ3) is 3.00. The number of rotatable bonds is 4. The fourth-order valence-corrected chi connectivity index (χ4v) is 2.91. The largest absolute Gasteiger partial charge is 0.459 e. The maximum atomic E-state index is 11.9. The van der Waals surface area contributed by atoms with Crippen LogP contribution < -0.4 is 5.32 Å². The highest BCUT2D eigenvalue weighted by molar-refractivity contribution is 7.22. The van der Waals surface area contributed by atoms with E-state index in [2.05, 4.69) is 10.3 Å². The van der Waals surface area contributed by atoms with Crippen LogP contribution >= 0.6 is 11.3 Å². The summed E-state index contributed by atoms with van der Waals surface area (Å²) >= 11 is 1.37. The molecular formula is C15H12N2O3S. The van der Waals surface area contributed by atoms with E-state index in [0.29, 0.717) is 11.6 Å². The smallest absolute Gasteiger partial charge is 0.293 e. The number of benzene rings is 1. The highest BCUT2D eigenvalue weighted by Crippen LogP contribution is 2.27. The quantitative estimate of drug-likeness (QED) is 0.802. The van der Waals surface area contributed by atoms with E-state index in [1.807, 2.05) is 18.2 Å². The molecule has 0 bridgehead atoms. The first-order chi connectivity index (χ1) is 10.1. The van der Waals surface area contributed by atoms with Gasteiger partial charge in [-0.2, -0.15) is 0 Å². The molecule has 0 spiro atoms. The standard InChI is InChI=1S/C15H12N2O3S/c1-9(18)7-10-4-5-11-13(8-10)21-15(16-11)17-14(19)12-3-2-6-20-12/h2-6,8H,7H2,1H3,(H,16,17,19). The lowest BCUT2D eigenvalue weighted by Crippen LogP contribution is -2.10. The molecule has 2 aromatic heterocycles. The molecule has 0 saturated heterocycles. The van der Waals surface area contributed by atoms with E-state index in [-0.39, 0.29) is 17.5 Å². The third-order valence-corrected chi connectivity index (χ3v) is 3.80. The Morgan fingerprint density at radius 3 is 2.90 bits per heavy atom. The Labute approximate surface area is 124 Å². The topological polar surface area (TPSA) is 72.2 Å². The van der Waals surface area contributed by atoms with Crippen LogP contribution in [0.15, 0.2) is 41.0 Å². The minimum Gasteiger partial charge on any atom is -0.459 e. The Hall–Kier alpha value is -2.47. The average Bonchev–Trinajstić information content (AvgIpc) is 3.05. The van der Waals surface area contributed by atoms with Crippen molar-refractivity contribution in [2.45, 2.75) is 13.3 Å². The molecule has 1 aromatic carbocycles. The van der Waals surface area contributed by atoms with Crippen LogP contribution in [0.1, 0.15) is 23.0 Å². The molecule has 106 valence electrons. The van der Waals surface area contributed by atoms with Crippen molar-refractivity contribution in [2.24, 2.45) is 0 Å². The molecule has 1 amide bonds. The number of thiazole rings is 1. The van der Waals surface area contributed by atoms with E-state index >= 15 is 0 Å². The summed E-state index contributed by atoms with van der Waals surface area (Å²) in [6, 6.07) is 8.90. The summed E-state index contributed by atoms with van der Waals surface area (Å²) in [6.07, 6.45) is 1.85. The van der Waals surface area contributed by atoms with Gasteiger partial charge in [-0.1, -0.05) is 17.4 Å². The predicted molar refractivity (Wildman–Crippen MR) is 80.7 cm³/mol. The van der Waals surface area contributed by atoms with Gasteiger partial charge in [-0.25, -0.2) is 4.98 Å². The lowest BCUT2D eigenvalue weighted by atomic mass is 10.1. The van der Waals surface area contributed by atoms with Crippen LogP contribution in [0.25, 0.3) is 10.2 Å². The van der Waals surface area contributed by atoms with Crippen molar-refractivity contribution in [1.82, 2.24) is 4.98 Å². The molecule has 6 heteroatoms. The summed E-state index contributed by atoms with van der Waals surface area (Å²) in [4.78, 5) is 27.4. The number of amides is 1. The maximum Gasteiger partial charge on any atom is 0.293 e. The first-order valence-electron chi connectivity index (χ1n) is 6.35. The van der Waals surface area contributed by atoms with Gasteiger partial charge in [0.2, 0.25) is 0 Å². The van der Waals surface area contributed by atoms with Gasteiger partial charge in [0.25, 0.3) is 5.91 Å². The molecule has 1 N–H and O–H groups in total. The van der Waals surface area contributed by atoms with Crippen molar-refractivity contribution in [3.63, 3.8) is 0 Å². The number of hydrogen-bond acceptors (Lipinski definition) is 5. The van der Waals surface area contributed by atoms with Gasteiger partial charge >= 0.3 is 0 Å². The molecule has 21 heavy (non-hydrogen) atoms. The zero-order valence-corrected chi connectivity index (χ0v) is 12.1. The molecule has 5 nitrogen and oxygen atoms in total. The van der Waals surface area contributed by atoms with Crippen LogP contribution in [0.2, 0.25) is 0 Å². The highest BCUT2D eigenvalue weighted by atomic mass is 32.1. The van der Waals surface area contributed by atoms with Gasteiger partial charge in [0, 0.05) is 6.42 Å².